The normalized spacial score (nSPS) is 10.7. The molecule has 1 aromatic heterocycles. The van der Waals surface area contributed by atoms with Gasteiger partial charge in [0.1, 0.15) is 0 Å². The minimum absolute atomic E-state index is 0.105. The summed E-state index contributed by atoms with van der Waals surface area (Å²) in [6.07, 6.45) is 0.637. The number of aryl methyl sites for hydroxylation is 1. The molecule has 0 aliphatic carbocycles. The van der Waals surface area contributed by atoms with Gasteiger partial charge in [0, 0.05) is 18.9 Å². The molecule has 1 N–H and O–H groups in total. The molecule has 1 aromatic rings. The molecule has 1 heterocycles. The quantitative estimate of drug-likeness (QED) is 0.794. The molecule has 0 saturated heterocycles. The number of hydrogen-bond donors (Lipinski definition) is 1. The van der Waals surface area contributed by atoms with Gasteiger partial charge in [0.05, 0.1) is 13.2 Å². The van der Waals surface area contributed by atoms with E-state index in [0.29, 0.717) is 0 Å². The number of aliphatic hydroxyl groups excluding tert-OH is 1. The molecule has 0 fully saturated rings. The van der Waals surface area contributed by atoms with E-state index in [1.54, 1.807) is 12.4 Å². The van der Waals surface area contributed by atoms with Gasteiger partial charge in [-0.25, -0.2) is 18.7 Å². The number of halogens is 2. The SMILES string of the molecule is Cc1cnc(N(CCO)CC(F)F)nc1. The van der Waals surface area contributed by atoms with Gasteiger partial charge in [-0.3, -0.25) is 0 Å². The minimum atomic E-state index is -2.47. The van der Waals surface area contributed by atoms with Gasteiger partial charge >= 0.3 is 0 Å². The summed E-state index contributed by atoms with van der Waals surface area (Å²) in [5.74, 6) is 0.218. The van der Waals surface area contributed by atoms with Gasteiger partial charge in [-0.2, -0.15) is 0 Å². The van der Waals surface area contributed by atoms with Crippen molar-refractivity contribution in [3.8, 4) is 0 Å². The average molecular weight is 217 g/mol. The molecule has 15 heavy (non-hydrogen) atoms. The lowest BCUT2D eigenvalue weighted by Crippen LogP contribution is -2.33. The van der Waals surface area contributed by atoms with Crippen molar-refractivity contribution in [1.29, 1.82) is 0 Å². The molecule has 0 unspecified atom stereocenters. The van der Waals surface area contributed by atoms with Crippen molar-refractivity contribution in [2.45, 2.75) is 13.3 Å². The summed E-state index contributed by atoms with van der Waals surface area (Å²) >= 11 is 0. The summed E-state index contributed by atoms with van der Waals surface area (Å²) in [5, 5.41) is 8.72. The molecule has 0 spiro atoms. The summed E-state index contributed by atoms with van der Waals surface area (Å²) in [7, 11) is 0. The van der Waals surface area contributed by atoms with Crippen LogP contribution in [0, 0.1) is 6.92 Å². The maximum atomic E-state index is 12.2. The Labute approximate surface area is 86.6 Å². The van der Waals surface area contributed by atoms with Crippen molar-refractivity contribution in [2.24, 2.45) is 0 Å². The number of hydrogen-bond acceptors (Lipinski definition) is 4. The first-order chi connectivity index (χ1) is 7.13. The van der Waals surface area contributed by atoms with Crippen LogP contribution in [0.5, 0.6) is 0 Å². The van der Waals surface area contributed by atoms with Crippen LogP contribution in [0.1, 0.15) is 5.56 Å². The highest BCUT2D eigenvalue weighted by molar-refractivity contribution is 5.29. The highest BCUT2D eigenvalue weighted by Crippen LogP contribution is 2.08. The average Bonchev–Trinajstić information content (AvgIpc) is 2.17. The van der Waals surface area contributed by atoms with Crippen LogP contribution < -0.4 is 4.90 Å². The predicted molar refractivity (Wildman–Crippen MR) is 52.1 cm³/mol. The third kappa shape index (κ3) is 3.75. The van der Waals surface area contributed by atoms with Crippen LogP contribution in [0.15, 0.2) is 12.4 Å². The number of aliphatic hydroxyl groups is 1. The zero-order valence-electron chi connectivity index (χ0n) is 8.40. The molecule has 0 aromatic carbocycles. The summed E-state index contributed by atoms with van der Waals surface area (Å²) in [4.78, 5) is 9.10. The van der Waals surface area contributed by atoms with Gasteiger partial charge in [-0.1, -0.05) is 0 Å². The van der Waals surface area contributed by atoms with Crippen molar-refractivity contribution in [1.82, 2.24) is 9.97 Å². The molecule has 0 aliphatic rings. The lowest BCUT2D eigenvalue weighted by atomic mass is 10.4. The van der Waals surface area contributed by atoms with Crippen molar-refractivity contribution in [2.75, 3.05) is 24.6 Å². The Hall–Kier alpha value is -1.30. The van der Waals surface area contributed by atoms with Crippen LogP contribution in [0.4, 0.5) is 14.7 Å². The zero-order valence-corrected chi connectivity index (χ0v) is 8.40. The number of anilines is 1. The summed E-state index contributed by atoms with van der Waals surface area (Å²) in [6, 6.07) is 0. The number of aromatic nitrogens is 2. The van der Waals surface area contributed by atoms with E-state index in [-0.39, 0.29) is 19.1 Å². The monoisotopic (exact) mass is 217 g/mol. The van der Waals surface area contributed by atoms with Crippen molar-refractivity contribution >= 4 is 5.95 Å². The van der Waals surface area contributed by atoms with Gasteiger partial charge in [0.25, 0.3) is 6.43 Å². The smallest absolute Gasteiger partial charge is 0.255 e. The fourth-order valence-corrected chi connectivity index (χ4v) is 1.11. The predicted octanol–water partition coefficient (Wildman–Crippen LogP) is 0.849. The van der Waals surface area contributed by atoms with Crippen molar-refractivity contribution in [3.63, 3.8) is 0 Å². The molecule has 0 saturated carbocycles. The Morgan fingerprint density at radius 2 is 2.00 bits per heavy atom. The minimum Gasteiger partial charge on any atom is -0.395 e. The Bertz CT molecular complexity index is 292. The highest BCUT2D eigenvalue weighted by Gasteiger charge is 2.14. The fourth-order valence-electron chi connectivity index (χ4n) is 1.11. The zero-order chi connectivity index (χ0) is 11.3. The maximum Gasteiger partial charge on any atom is 0.255 e. The molecule has 6 heteroatoms. The van der Waals surface area contributed by atoms with Crippen molar-refractivity contribution < 1.29 is 13.9 Å². The number of alkyl halides is 2. The first-order valence-electron chi connectivity index (χ1n) is 4.56. The molecule has 0 bridgehead atoms. The molecule has 0 radical (unpaired) electrons. The Kier molecular flexibility index (Phi) is 4.36. The van der Waals surface area contributed by atoms with E-state index in [1.807, 2.05) is 6.92 Å². The summed E-state index contributed by atoms with van der Waals surface area (Å²) in [6.45, 7) is 1.24. The number of rotatable bonds is 5. The second-order valence-corrected chi connectivity index (χ2v) is 3.12. The topological polar surface area (TPSA) is 49.2 Å². The molecule has 4 nitrogen and oxygen atoms in total. The van der Waals surface area contributed by atoms with Crippen LogP contribution in [0.25, 0.3) is 0 Å². The molecular formula is C9H13F2N3O. The molecule has 0 amide bonds. The van der Waals surface area contributed by atoms with Gasteiger partial charge in [0.15, 0.2) is 0 Å². The van der Waals surface area contributed by atoms with E-state index >= 15 is 0 Å². The molecule has 1 rings (SSSR count). The highest BCUT2D eigenvalue weighted by atomic mass is 19.3. The second kappa shape index (κ2) is 5.55. The standard InChI is InChI=1S/C9H13F2N3O/c1-7-4-12-9(13-5-7)14(2-3-15)6-8(10)11/h4-5,8,15H,2-3,6H2,1H3. The third-order valence-corrected chi connectivity index (χ3v) is 1.78. The van der Waals surface area contributed by atoms with Crippen LogP contribution >= 0.6 is 0 Å². The first kappa shape index (κ1) is 11.8. The lowest BCUT2D eigenvalue weighted by molar-refractivity contribution is 0.152. The van der Waals surface area contributed by atoms with Gasteiger partial charge < -0.3 is 10.0 Å². The molecular weight excluding hydrogens is 204 g/mol. The third-order valence-electron chi connectivity index (χ3n) is 1.78. The largest absolute Gasteiger partial charge is 0.395 e. The van der Waals surface area contributed by atoms with E-state index in [4.69, 9.17) is 5.11 Å². The van der Waals surface area contributed by atoms with E-state index in [9.17, 15) is 8.78 Å². The summed E-state index contributed by atoms with van der Waals surface area (Å²) in [5.41, 5.74) is 0.861. The molecule has 84 valence electrons. The van der Waals surface area contributed by atoms with Gasteiger partial charge in [-0.05, 0) is 12.5 Å². The summed E-state index contributed by atoms with van der Waals surface area (Å²) < 4.78 is 24.4. The lowest BCUT2D eigenvalue weighted by Gasteiger charge is -2.20. The second-order valence-electron chi connectivity index (χ2n) is 3.12. The van der Waals surface area contributed by atoms with Gasteiger partial charge in [0.2, 0.25) is 5.95 Å². The molecule has 0 atom stereocenters. The van der Waals surface area contributed by atoms with Crippen LogP contribution in [0.2, 0.25) is 0 Å². The van der Waals surface area contributed by atoms with E-state index in [0.717, 1.165) is 5.56 Å². The van der Waals surface area contributed by atoms with E-state index in [1.165, 1.54) is 4.90 Å². The first-order valence-corrected chi connectivity index (χ1v) is 4.56. The van der Waals surface area contributed by atoms with Crippen molar-refractivity contribution in [3.05, 3.63) is 18.0 Å². The molecule has 0 aliphatic heterocycles. The number of nitrogens with zero attached hydrogens (tertiary/aromatic N) is 3. The van der Waals surface area contributed by atoms with Crippen LogP contribution in [0.3, 0.4) is 0 Å². The van der Waals surface area contributed by atoms with E-state index < -0.39 is 13.0 Å². The Morgan fingerprint density at radius 1 is 1.40 bits per heavy atom. The van der Waals surface area contributed by atoms with Crippen LogP contribution in [-0.4, -0.2) is 41.2 Å². The Balaban J connectivity index is 2.74. The fraction of sp³-hybridized carbons (Fsp3) is 0.556. The maximum absolute atomic E-state index is 12.2. The van der Waals surface area contributed by atoms with Gasteiger partial charge in [-0.15, -0.1) is 0 Å². The Morgan fingerprint density at radius 3 is 2.47 bits per heavy atom. The van der Waals surface area contributed by atoms with Crippen LogP contribution in [-0.2, 0) is 0 Å². The van der Waals surface area contributed by atoms with E-state index in [2.05, 4.69) is 9.97 Å².